The molecule has 1 heterocycles. The van der Waals surface area contributed by atoms with Gasteiger partial charge in [-0.05, 0) is 12.0 Å². The molecule has 1 unspecified atom stereocenters. The van der Waals surface area contributed by atoms with Gasteiger partial charge in [-0.15, -0.1) is 0 Å². The summed E-state index contributed by atoms with van der Waals surface area (Å²) in [5, 5.41) is 3.45. The van der Waals surface area contributed by atoms with Gasteiger partial charge in [0.1, 0.15) is 0 Å². The van der Waals surface area contributed by atoms with Gasteiger partial charge in [-0.2, -0.15) is 0 Å². The van der Waals surface area contributed by atoms with Crippen molar-refractivity contribution in [1.82, 2.24) is 5.32 Å². The molecule has 0 aromatic heterocycles. The van der Waals surface area contributed by atoms with Crippen LogP contribution in [0.1, 0.15) is 18.0 Å². The van der Waals surface area contributed by atoms with E-state index in [1.807, 2.05) is 0 Å². The van der Waals surface area contributed by atoms with Crippen molar-refractivity contribution >= 4 is 0 Å². The van der Waals surface area contributed by atoms with Crippen molar-refractivity contribution in [3.63, 3.8) is 0 Å². The van der Waals surface area contributed by atoms with Crippen LogP contribution in [0.5, 0.6) is 0 Å². The number of benzene rings is 1. The van der Waals surface area contributed by atoms with Gasteiger partial charge in [-0.3, -0.25) is 0 Å². The lowest BCUT2D eigenvalue weighted by Gasteiger charge is -2.19. The molecule has 1 aliphatic rings. The fourth-order valence-corrected chi connectivity index (χ4v) is 1.55. The molecule has 1 aromatic rings. The van der Waals surface area contributed by atoms with Crippen LogP contribution in [0.4, 0.5) is 0 Å². The molecule has 62 valence electrons. The monoisotopic (exact) mass is 159 g/mol. The molecule has 12 heavy (non-hydrogen) atoms. The minimum atomic E-state index is 0.524. The van der Waals surface area contributed by atoms with E-state index in [0.29, 0.717) is 6.04 Å². The Kier molecular flexibility index (Phi) is 2.23. The van der Waals surface area contributed by atoms with Crippen molar-refractivity contribution < 1.29 is 0 Å². The Morgan fingerprint density at radius 2 is 1.92 bits per heavy atom. The topological polar surface area (TPSA) is 12.0 Å². The average Bonchev–Trinajstić information content (AvgIpc) is 2.21. The summed E-state index contributed by atoms with van der Waals surface area (Å²) >= 11 is 0. The van der Waals surface area contributed by atoms with Gasteiger partial charge >= 0.3 is 0 Å². The van der Waals surface area contributed by atoms with Gasteiger partial charge in [0.25, 0.3) is 0 Å². The van der Waals surface area contributed by atoms with Crippen molar-refractivity contribution in [3.05, 3.63) is 48.0 Å². The Morgan fingerprint density at radius 1 is 1.08 bits per heavy atom. The third-order valence-corrected chi connectivity index (χ3v) is 2.22. The zero-order chi connectivity index (χ0) is 8.23. The predicted octanol–water partition coefficient (Wildman–Crippen LogP) is 2.28. The summed E-state index contributed by atoms with van der Waals surface area (Å²) in [6, 6.07) is 11.1. The molecule has 2 rings (SSSR count). The van der Waals surface area contributed by atoms with Crippen LogP contribution in [0.25, 0.3) is 0 Å². The summed E-state index contributed by atoms with van der Waals surface area (Å²) in [6.07, 6.45) is 5.54. The first-order chi connectivity index (χ1) is 5.97. The maximum Gasteiger partial charge on any atom is 0.0357 e. The van der Waals surface area contributed by atoms with E-state index in [2.05, 4.69) is 47.8 Å². The smallest absolute Gasteiger partial charge is 0.0357 e. The molecule has 1 aliphatic heterocycles. The highest BCUT2D eigenvalue weighted by Crippen LogP contribution is 2.18. The lowest BCUT2D eigenvalue weighted by Crippen LogP contribution is -2.23. The summed E-state index contributed by atoms with van der Waals surface area (Å²) in [5.74, 6) is 0. The van der Waals surface area contributed by atoms with Crippen molar-refractivity contribution in [2.45, 2.75) is 12.5 Å². The summed E-state index contributed by atoms with van der Waals surface area (Å²) < 4.78 is 0. The quantitative estimate of drug-likeness (QED) is 0.620. The van der Waals surface area contributed by atoms with Crippen molar-refractivity contribution in [1.29, 1.82) is 0 Å². The summed E-state index contributed by atoms with van der Waals surface area (Å²) in [6.45, 7) is 1.000. The minimum absolute atomic E-state index is 0.524. The fraction of sp³-hybridized carbons (Fsp3) is 0.273. The second-order valence-electron chi connectivity index (χ2n) is 3.08. The van der Waals surface area contributed by atoms with Gasteiger partial charge in [-0.25, -0.2) is 0 Å². The molecular formula is C11H13N. The predicted molar refractivity (Wildman–Crippen MR) is 50.9 cm³/mol. The molecule has 0 saturated heterocycles. The van der Waals surface area contributed by atoms with Crippen LogP contribution in [0.2, 0.25) is 0 Å². The van der Waals surface area contributed by atoms with Crippen molar-refractivity contribution in [2.75, 3.05) is 6.54 Å². The Balaban J connectivity index is 2.15. The first kappa shape index (κ1) is 7.56. The first-order valence-corrected chi connectivity index (χ1v) is 4.40. The normalized spacial score (nSPS) is 22.5. The number of hydrogen-bond donors (Lipinski definition) is 1. The molecule has 1 heteroatoms. The van der Waals surface area contributed by atoms with E-state index in [-0.39, 0.29) is 0 Å². The number of hydrogen-bond acceptors (Lipinski definition) is 1. The Labute approximate surface area is 73.1 Å². The molecule has 1 nitrogen and oxygen atoms in total. The largest absolute Gasteiger partial charge is 0.306 e. The summed E-state index contributed by atoms with van der Waals surface area (Å²) in [5.41, 5.74) is 1.39. The molecular weight excluding hydrogens is 146 g/mol. The van der Waals surface area contributed by atoms with Crippen LogP contribution in [0, 0.1) is 0 Å². The highest BCUT2D eigenvalue weighted by atomic mass is 14.9. The van der Waals surface area contributed by atoms with E-state index >= 15 is 0 Å². The highest BCUT2D eigenvalue weighted by Gasteiger charge is 2.09. The Hall–Kier alpha value is -1.08. The molecule has 0 amide bonds. The fourth-order valence-electron chi connectivity index (χ4n) is 1.55. The van der Waals surface area contributed by atoms with Crippen LogP contribution < -0.4 is 5.32 Å². The molecule has 0 radical (unpaired) electrons. The second-order valence-corrected chi connectivity index (χ2v) is 3.08. The molecule has 0 fully saturated rings. The Bertz CT molecular complexity index is 264. The van der Waals surface area contributed by atoms with Crippen LogP contribution in [-0.2, 0) is 0 Å². The molecule has 1 atom stereocenters. The van der Waals surface area contributed by atoms with Crippen LogP contribution >= 0.6 is 0 Å². The van der Waals surface area contributed by atoms with Crippen LogP contribution in [-0.4, -0.2) is 6.54 Å². The number of rotatable bonds is 1. The van der Waals surface area contributed by atoms with Crippen molar-refractivity contribution in [3.8, 4) is 0 Å². The molecule has 0 saturated carbocycles. The summed E-state index contributed by atoms with van der Waals surface area (Å²) in [7, 11) is 0. The SMILES string of the molecule is C1=CCC(c2ccccc2)NC1. The zero-order valence-electron chi connectivity index (χ0n) is 7.03. The van der Waals surface area contributed by atoms with Gasteiger partial charge in [-0.1, -0.05) is 42.5 Å². The van der Waals surface area contributed by atoms with Crippen molar-refractivity contribution in [2.24, 2.45) is 0 Å². The molecule has 1 aromatic carbocycles. The third kappa shape index (κ3) is 1.56. The standard InChI is InChI=1S/C11H13N/c1-2-6-10(7-3-1)11-8-4-5-9-12-11/h1-7,11-12H,8-9H2. The van der Waals surface area contributed by atoms with Crippen LogP contribution in [0.15, 0.2) is 42.5 Å². The minimum Gasteiger partial charge on any atom is -0.306 e. The van der Waals surface area contributed by atoms with E-state index in [9.17, 15) is 0 Å². The van der Waals surface area contributed by atoms with E-state index in [4.69, 9.17) is 0 Å². The lowest BCUT2D eigenvalue weighted by molar-refractivity contribution is 0.555. The number of nitrogens with one attached hydrogen (secondary N) is 1. The summed E-state index contributed by atoms with van der Waals surface area (Å²) in [4.78, 5) is 0. The van der Waals surface area contributed by atoms with Crippen LogP contribution in [0.3, 0.4) is 0 Å². The van der Waals surface area contributed by atoms with E-state index < -0.39 is 0 Å². The zero-order valence-corrected chi connectivity index (χ0v) is 7.03. The van der Waals surface area contributed by atoms with E-state index in [0.717, 1.165) is 13.0 Å². The molecule has 0 aliphatic carbocycles. The lowest BCUT2D eigenvalue weighted by atomic mass is 10.0. The third-order valence-electron chi connectivity index (χ3n) is 2.22. The van der Waals surface area contributed by atoms with Gasteiger partial charge in [0.15, 0.2) is 0 Å². The molecule has 1 N–H and O–H groups in total. The maximum atomic E-state index is 3.45. The van der Waals surface area contributed by atoms with Gasteiger partial charge in [0, 0.05) is 12.6 Å². The van der Waals surface area contributed by atoms with Gasteiger partial charge in [0.2, 0.25) is 0 Å². The van der Waals surface area contributed by atoms with E-state index in [1.165, 1.54) is 5.56 Å². The Morgan fingerprint density at radius 3 is 2.58 bits per heavy atom. The first-order valence-electron chi connectivity index (χ1n) is 4.40. The van der Waals surface area contributed by atoms with Gasteiger partial charge < -0.3 is 5.32 Å². The van der Waals surface area contributed by atoms with Gasteiger partial charge in [0.05, 0.1) is 0 Å². The highest BCUT2D eigenvalue weighted by molar-refractivity contribution is 5.20. The second kappa shape index (κ2) is 3.55. The molecule has 0 spiro atoms. The maximum absolute atomic E-state index is 3.45. The average molecular weight is 159 g/mol. The van der Waals surface area contributed by atoms with E-state index in [1.54, 1.807) is 0 Å². The molecule has 0 bridgehead atoms.